The van der Waals surface area contributed by atoms with Gasteiger partial charge in [0.15, 0.2) is 5.96 Å². The lowest BCUT2D eigenvalue weighted by Gasteiger charge is -2.26. The lowest BCUT2D eigenvalue weighted by Crippen LogP contribution is -2.60. The second-order valence-electron chi connectivity index (χ2n) is 7.74. The Morgan fingerprint density at radius 2 is 1.55 bits per heavy atom. The molecule has 0 aromatic carbocycles. The van der Waals surface area contributed by atoms with Crippen LogP contribution in [0.2, 0.25) is 0 Å². The minimum atomic E-state index is -1.50. The molecule has 0 rings (SSSR count). The SMILES string of the molecule is CCC(C)C(NC(=O)C(CO)NC(=O)C(NC(=O)C(N)CCCN=C(N)N)C(C)O)C(=O)O. The number of hydrogen-bond acceptors (Lipinski definition) is 8. The summed E-state index contributed by atoms with van der Waals surface area (Å²) in [6.45, 7) is 4.04. The van der Waals surface area contributed by atoms with Gasteiger partial charge in [0.1, 0.15) is 18.1 Å². The van der Waals surface area contributed by atoms with Crippen LogP contribution in [0.25, 0.3) is 0 Å². The van der Waals surface area contributed by atoms with Gasteiger partial charge in [-0.15, -0.1) is 0 Å². The van der Waals surface area contributed by atoms with Crippen LogP contribution in [0.5, 0.6) is 0 Å². The molecular weight excluding hydrogens is 438 g/mol. The second kappa shape index (κ2) is 15.0. The molecule has 0 aliphatic carbocycles. The lowest BCUT2D eigenvalue weighted by atomic mass is 9.99. The number of amides is 3. The summed E-state index contributed by atoms with van der Waals surface area (Å²) < 4.78 is 0. The van der Waals surface area contributed by atoms with Crippen molar-refractivity contribution in [2.45, 2.75) is 70.3 Å². The van der Waals surface area contributed by atoms with E-state index in [1.165, 1.54) is 6.92 Å². The van der Waals surface area contributed by atoms with Gasteiger partial charge in [-0.1, -0.05) is 20.3 Å². The monoisotopic (exact) mass is 475 g/mol. The molecule has 190 valence electrons. The molecule has 3 amide bonds. The number of carboxylic acid groups (broad SMARTS) is 1. The van der Waals surface area contributed by atoms with E-state index in [0.29, 0.717) is 12.8 Å². The topological polar surface area (TPSA) is 255 Å². The Bertz CT molecular complexity index is 698. The summed E-state index contributed by atoms with van der Waals surface area (Å²) in [5, 5.41) is 35.5. The molecule has 0 spiro atoms. The van der Waals surface area contributed by atoms with Crippen LogP contribution in [0.3, 0.4) is 0 Å². The largest absolute Gasteiger partial charge is 0.480 e. The van der Waals surface area contributed by atoms with Crippen LogP contribution in [0.1, 0.15) is 40.0 Å². The summed E-state index contributed by atoms with van der Waals surface area (Å²) in [6, 6.07) is -5.22. The number of nitrogens with two attached hydrogens (primary N) is 3. The van der Waals surface area contributed by atoms with E-state index in [4.69, 9.17) is 17.2 Å². The molecule has 33 heavy (non-hydrogen) atoms. The Kier molecular flexibility index (Phi) is 13.6. The first-order chi connectivity index (χ1) is 15.3. The van der Waals surface area contributed by atoms with E-state index in [1.54, 1.807) is 13.8 Å². The Morgan fingerprint density at radius 1 is 0.970 bits per heavy atom. The zero-order valence-electron chi connectivity index (χ0n) is 19.2. The van der Waals surface area contributed by atoms with Crippen molar-refractivity contribution in [2.24, 2.45) is 28.1 Å². The summed E-state index contributed by atoms with van der Waals surface area (Å²) in [7, 11) is 0. The van der Waals surface area contributed by atoms with Crippen LogP contribution in [-0.4, -0.2) is 88.4 Å². The molecule has 0 aromatic heterocycles. The predicted molar refractivity (Wildman–Crippen MR) is 120 cm³/mol. The van der Waals surface area contributed by atoms with Gasteiger partial charge in [-0.25, -0.2) is 4.79 Å². The van der Waals surface area contributed by atoms with Crippen molar-refractivity contribution in [2.75, 3.05) is 13.2 Å². The van der Waals surface area contributed by atoms with Gasteiger partial charge < -0.3 is 48.5 Å². The fraction of sp³-hybridized carbons (Fsp3) is 0.737. The number of nitrogens with one attached hydrogen (secondary N) is 3. The van der Waals surface area contributed by atoms with Crippen LogP contribution in [0, 0.1) is 5.92 Å². The van der Waals surface area contributed by atoms with Gasteiger partial charge in [0, 0.05) is 6.54 Å². The molecule has 14 heteroatoms. The third-order valence-electron chi connectivity index (χ3n) is 4.96. The molecule has 0 heterocycles. The van der Waals surface area contributed by atoms with E-state index in [1.807, 2.05) is 0 Å². The van der Waals surface area contributed by atoms with Crippen molar-refractivity contribution in [3.8, 4) is 0 Å². The number of aliphatic carboxylic acids is 1. The molecule has 0 saturated carbocycles. The number of guanidine groups is 1. The molecule has 0 saturated heterocycles. The summed E-state index contributed by atoms with van der Waals surface area (Å²) in [6.07, 6.45) is -0.302. The Labute approximate surface area is 192 Å². The van der Waals surface area contributed by atoms with E-state index >= 15 is 0 Å². The minimum Gasteiger partial charge on any atom is -0.480 e. The fourth-order valence-electron chi connectivity index (χ4n) is 2.71. The van der Waals surface area contributed by atoms with Gasteiger partial charge in [0.25, 0.3) is 0 Å². The molecule has 0 aliphatic heterocycles. The predicted octanol–water partition coefficient (Wildman–Crippen LogP) is -3.67. The average molecular weight is 476 g/mol. The maximum atomic E-state index is 12.6. The van der Waals surface area contributed by atoms with E-state index in [9.17, 15) is 34.5 Å². The quantitative estimate of drug-likeness (QED) is 0.0636. The number of aliphatic imine (C=N–C) groups is 1. The highest BCUT2D eigenvalue weighted by Crippen LogP contribution is 2.08. The molecule has 0 fully saturated rings. The van der Waals surface area contributed by atoms with Crippen LogP contribution in [0.15, 0.2) is 4.99 Å². The molecule has 0 aliphatic rings. The highest BCUT2D eigenvalue weighted by Gasteiger charge is 2.33. The Balaban J connectivity index is 5.10. The summed E-state index contributed by atoms with van der Waals surface area (Å²) >= 11 is 0. The molecule has 0 aromatic rings. The minimum absolute atomic E-state index is 0.0971. The van der Waals surface area contributed by atoms with E-state index in [-0.39, 0.29) is 18.9 Å². The highest BCUT2D eigenvalue weighted by atomic mass is 16.4. The van der Waals surface area contributed by atoms with Crippen LogP contribution in [0.4, 0.5) is 0 Å². The van der Waals surface area contributed by atoms with Crippen molar-refractivity contribution in [3.05, 3.63) is 0 Å². The lowest BCUT2D eigenvalue weighted by molar-refractivity contribution is -0.144. The molecule has 0 bridgehead atoms. The van der Waals surface area contributed by atoms with Gasteiger partial charge in [-0.2, -0.15) is 0 Å². The van der Waals surface area contributed by atoms with Crippen LogP contribution < -0.4 is 33.2 Å². The van der Waals surface area contributed by atoms with E-state index in [0.717, 1.165) is 0 Å². The molecule has 6 atom stereocenters. The van der Waals surface area contributed by atoms with Crippen LogP contribution >= 0.6 is 0 Å². The first-order valence-corrected chi connectivity index (χ1v) is 10.6. The van der Waals surface area contributed by atoms with Gasteiger partial charge in [0.05, 0.1) is 18.8 Å². The maximum Gasteiger partial charge on any atom is 0.326 e. The normalized spacial score (nSPS) is 16.3. The zero-order chi connectivity index (χ0) is 25.7. The van der Waals surface area contributed by atoms with Gasteiger partial charge in [-0.3, -0.25) is 19.4 Å². The van der Waals surface area contributed by atoms with E-state index in [2.05, 4.69) is 20.9 Å². The second-order valence-corrected chi connectivity index (χ2v) is 7.74. The summed E-state index contributed by atoms with van der Waals surface area (Å²) in [5.74, 6) is -4.38. The van der Waals surface area contributed by atoms with Crippen LogP contribution in [-0.2, 0) is 19.2 Å². The van der Waals surface area contributed by atoms with Gasteiger partial charge >= 0.3 is 5.97 Å². The molecule has 14 nitrogen and oxygen atoms in total. The number of rotatable bonds is 15. The number of aliphatic hydroxyl groups is 2. The van der Waals surface area contributed by atoms with Crippen molar-refractivity contribution >= 4 is 29.7 Å². The number of nitrogens with zero attached hydrogens (tertiary/aromatic N) is 1. The number of carboxylic acids is 1. The van der Waals surface area contributed by atoms with Crippen molar-refractivity contribution in [3.63, 3.8) is 0 Å². The number of carbonyl (C=O) groups excluding carboxylic acids is 3. The van der Waals surface area contributed by atoms with E-state index < -0.39 is 66.5 Å². The van der Waals surface area contributed by atoms with Gasteiger partial charge in [-0.05, 0) is 25.7 Å². The summed E-state index contributed by atoms with van der Waals surface area (Å²) in [5.41, 5.74) is 16.2. The Morgan fingerprint density at radius 3 is 2.00 bits per heavy atom. The molecule has 6 unspecified atom stereocenters. The number of aliphatic hydroxyl groups excluding tert-OH is 2. The number of hydrogen-bond donors (Lipinski definition) is 9. The highest BCUT2D eigenvalue weighted by molar-refractivity contribution is 5.94. The summed E-state index contributed by atoms with van der Waals surface area (Å²) in [4.78, 5) is 52.5. The zero-order valence-corrected chi connectivity index (χ0v) is 19.2. The third kappa shape index (κ3) is 10.9. The smallest absolute Gasteiger partial charge is 0.326 e. The molecular formula is C19H37N7O7. The van der Waals surface area contributed by atoms with Crippen molar-refractivity contribution < 1.29 is 34.5 Å². The number of carbonyl (C=O) groups is 4. The third-order valence-corrected chi connectivity index (χ3v) is 4.96. The Hall–Kier alpha value is -2.97. The standard InChI is InChI=1S/C19H37N7O7/c1-4-9(2)13(18(32)33)25-16(30)12(8-27)24-17(31)14(10(3)28)26-15(29)11(20)6-5-7-23-19(21)22/h9-14,27-28H,4-8,20H2,1-3H3,(H,24,31)(H,25,30)(H,26,29)(H,32,33)(H4,21,22,23). The first-order valence-electron chi connectivity index (χ1n) is 10.6. The molecule has 12 N–H and O–H groups in total. The molecule has 0 radical (unpaired) electrons. The van der Waals surface area contributed by atoms with Crippen molar-refractivity contribution in [1.29, 1.82) is 0 Å². The average Bonchev–Trinajstić information content (AvgIpc) is 2.74. The van der Waals surface area contributed by atoms with Crippen molar-refractivity contribution in [1.82, 2.24) is 16.0 Å². The fourth-order valence-corrected chi connectivity index (χ4v) is 2.71. The first kappa shape index (κ1) is 30.0. The maximum absolute atomic E-state index is 12.6. The van der Waals surface area contributed by atoms with Gasteiger partial charge in [0.2, 0.25) is 17.7 Å².